The number of hydrogen-bond donors (Lipinski definition) is 2. The van der Waals surface area contributed by atoms with E-state index in [4.69, 9.17) is 4.74 Å². The van der Waals surface area contributed by atoms with Gasteiger partial charge in [-0.3, -0.25) is 14.8 Å². The monoisotopic (exact) mass is 484 g/mol. The number of nitrogens with zero attached hydrogens (tertiary/aromatic N) is 6. The lowest BCUT2D eigenvalue weighted by molar-refractivity contribution is 0.0136. The van der Waals surface area contributed by atoms with Crippen molar-refractivity contribution in [2.24, 2.45) is 13.0 Å². The normalized spacial score (nSPS) is 23.9. The van der Waals surface area contributed by atoms with Crippen LogP contribution in [0.25, 0.3) is 0 Å². The second-order valence-electron chi connectivity index (χ2n) is 10.2. The molecule has 2 saturated heterocycles. The Morgan fingerprint density at radius 1 is 1.20 bits per heavy atom. The number of carbonyl (C=O) groups excluding carboxylic acids is 2. The molecule has 2 N–H and O–H groups in total. The number of aromatic nitrogens is 4. The molecule has 3 amide bonds. The highest BCUT2D eigenvalue weighted by Gasteiger charge is 2.36. The van der Waals surface area contributed by atoms with Crippen LogP contribution in [0.2, 0.25) is 0 Å². The molecule has 35 heavy (non-hydrogen) atoms. The maximum Gasteiger partial charge on any atom is 0.320 e. The van der Waals surface area contributed by atoms with Gasteiger partial charge in [-0.25, -0.2) is 9.78 Å². The van der Waals surface area contributed by atoms with E-state index in [1.165, 1.54) is 6.20 Å². The van der Waals surface area contributed by atoms with Crippen LogP contribution in [0, 0.1) is 5.92 Å². The summed E-state index contributed by atoms with van der Waals surface area (Å²) in [5, 5.41) is 10.2. The van der Waals surface area contributed by atoms with Gasteiger partial charge in [-0.05, 0) is 32.6 Å². The minimum absolute atomic E-state index is 0.0610. The fraction of sp³-hybridized carbons (Fsp3) is 0.667. The molecule has 1 unspecified atom stereocenters. The Morgan fingerprint density at radius 2 is 2.00 bits per heavy atom. The molecule has 0 radical (unpaired) electrons. The van der Waals surface area contributed by atoms with Gasteiger partial charge < -0.3 is 24.4 Å². The van der Waals surface area contributed by atoms with E-state index < -0.39 is 0 Å². The first kappa shape index (κ1) is 23.8. The average molecular weight is 485 g/mol. The number of rotatable bonds is 4. The fourth-order valence-corrected chi connectivity index (χ4v) is 5.47. The summed E-state index contributed by atoms with van der Waals surface area (Å²) >= 11 is 0. The molecule has 5 heterocycles. The molecule has 190 valence electrons. The van der Waals surface area contributed by atoms with Crippen molar-refractivity contribution in [1.82, 2.24) is 34.4 Å². The molecule has 3 aliphatic rings. The van der Waals surface area contributed by atoms with Crippen molar-refractivity contribution in [2.45, 2.75) is 51.7 Å². The van der Waals surface area contributed by atoms with Gasteiger partial charge in [0.25, 0.3) is 5.91 Å². The number of fused-ring (bicyclic) bond motifs is 1. The zero-order valence-electron chi connectivity index (χ0n) is 20.9. The lowest BCUT2D eigenvalue weighted by atomic mass is 9.97. The number of urea groups is 1. The fourth-order valence-electron chi connectivity index (χ4n) is 5.47. The van der Waals surface area contributed by atoms with Crippen LogP contribution in [0.1, 0.15) is 48.4 Å². The first-order chi connectivity index (χ1) is 16.9. The first-order valence-corrected chi connectivity index (χ1v) is 12.6. The third-order valence-electron chi connectivity index (χ3n) is 7.68. The van der Waals surface area contributed by atoms with Crippen molar-refractivity contribution in [1.29, 1.82) is 0 Å². The highest BCUT2D eigenvalue weighted by atomic mass is 16.5. The van der Waals surface area contributed by atoms with Gasteiger partial charge in [0, 0.05) is 76.2 Å². The van der Waals surface area contributed by atoms with Crippen molar-refractivity contribution >= 4 is 17.8 Å². The zero-order chi connectivity index (χ0) is 24.5. The molecule has 2 fully saturated rings. The Balaban J connectivity index is 1.22. The molecule has 0 aliphatic carbocycles. The van der Waals surface area contributed by atoms with Crippen LogP contribution >= 0.6 is 0 Å². The number of aromatic amines is 1. The van der Waals surface area contributed by atoms with Gasteiger partial charge in [0.15, 0.2) is 5.82 Å². The third kappa shape index (κ3) is 4.92. The van der Waals surface area contributed by atoms with E-state index in [2.05, 4.69) is 39.2 Å². The van der Waals surface area contributed by atoms with E-state index in [1.807, 2.05) is 9.80 Å². The summed E-state index contributed by atoms with van der Waals surface area (Å²) in [5.41, 5.74) is 2.29. The molecule has 5 rings (SSSR count). The van der Waals surface area contributed by atoms with Gasteiger partial charge in [-0.1, -0.05) is 0 Å². The molecule has 2 atom stereocenters. The number of piperazine rings is 1. The van der Waals surface area contributed by atoms with Crippen LogP contribution in [0.4, 0.5) is 10.6 Å². The van der Waals surface area contributed by atoms with E-state index >= 15 is 0 Å². The molecule has 11 nitrogen and oxygen atoms in total. The van der Waals surface area contributed by atoms with E-state index in [0.29, 0.717) is 43.0 Å². The minimum atomic E-state index is -0.272. The summed E-state index contributed by atoms with van der Waals surface area (Å²) in [6, 6.07) is 0.528. The topological polar surface area (TPSA) is 112 Å². The van der Waals surface area contributed by atoms with Crippen LogP contribution in [0.15, 0.2) is 12.5 Å². The van der Waals surface area contributed by atoms with Crippen molar-refractivity contribution in [3.63, 3.8) is 0 Å². The smallest absolute Gasteiger partial charge is 0.320 e. The van der Waals surface area contributed by atoms with Gasteiger partial charge >= 0.3 is 6.03 Å². The number of imidazole rings is 1. The predicted molar refractivity (Wildman–Crippen MR) is 130 cm³/mol. The lowest BCUT2D eigenvalue weighted by Gasteiger charge is -2.47. The second kappa shape index (κ2) is 9.98. The number of hydrogen-bond acceptors (Lipinski definition) is 6. The molecular formula is C24H36N8O3. The quantitative estimate of drug-likeness (QED) is 0.683. The Morgan fingerprint density at radius 3 is 2.74 bits per heavy atom. The van der Waals surface area contributed by atoms with Gasteiger partial charge in [-0.15, -0.1) is 0 Å². The molecule has 3 aliphatic heterocycles. The third-order valence-corrected chi connectivity index (χ3v) is 7.68. The highest BCUT2D eigenvalue weighted by Crippen LogP contribution is 2.27. The highest BCUT2D eigenvalue weighted by molar-refractivity contribution is 6.02. The molecule has 0 aromatic carbocycles. The van der Waals surface area contributed by atoms with Crippen molar-refractivity contribution in [3.05, 3.63) is 29.5 Å². The molecule has 2 aromatic heterocycles. The maximum absolute atomic E-state index is 13.6. The second-order valence-corrected chi connectivity index (χ2v) is 10.2. The summed E-state index contributed by atoms with van der Waals surface area (Å²) in [6.45, 7) is 9.85. The predicted octanol–water partition coefficient (Wildman–Crippen LogP) is 1.69. The number of carbonyl (C=O) groups is 2. The minimum Gasteiger partial charge on any atom is -0.381 e. The molecule has 11 heteroatoms. The summed E-state index contributed by atoms with van der Waals surface area (Å²) in [4.78, 5) is 36.7. The number of nitrogens with one attached hydrogen (secondary N) is 2. The SMILES string of the molecule is CC1CN(C(=O)N2CCc3[nH]nc(NC(=O)c4cncn4C)c3C2)[C@@H](C)CN1CC1CCOCC1. The Bertz CT molecular complexity index is 1060. The van der Waals surface area contributed by atoms with Gasteiger partial charge in [0.1, 0.15) is 5.69 Å². The Labute approximate surface area is 205 Å². The standard InChI is InChI=1S/C24H36N8O3/c1-16-12-32(17(2)11-31(16)13-18-5-8-35-9-6-18)24(34)30-7-4-20-19(14-30)22(28-27-20)26-23(33)21-10-25-15-29(21)3/h10,15-18H,4-9,11-14H2,1-3H3,(H2,26,27,28,33)/t16?,17-/m0/s1. The van der Waals surface area contributed by atoms with Gasteiger partial charge in [0.2, 0.25) is 0 Å². The maximum atomic E-state index is 13.6. The largest absolute Gasteiger partial charge is 0.381 e. The number of amides is 3. The lowest BCUT2D eigenvalue weighted by Crippen LogP contribution is -2.61. The molecule has 0 saturated carbocycles. The van der Waals surface area contributed by atoms with Crippen LogP contribution in [0.3, 0.4) is 0 Å². The van der Waals surface area contributed by atoms with Crippen LogP contribution < -0.4 is 5.32 Å². The number of aryl methyl sites for hydroxylation is 1. The van der Waals surface area contributed by atoms with Crippen molar-refractivity contribution in [3.8, 4) is 0 Å². The summed E-state index contributed by atoms with van der Waals surface area (Å²) in [7, 11) is 1.77. The van der Waals surface area contributed by atoms with E-state index in [0.717, 1.165) is 56.9 Å². The molecular weight excluding hydrogens is 448 g/mol. The van der Waals surface area contributed by atoms with Crippen molar-refractivity contribution in [2.75, 3.05) is 44.7 Å². The number of ether oxygens (including phenoxy) is 1. The molecule has 0 bridgehead atoms. The van der Waals surface area contributed by atoms with Gasteiger partial charge in [0.05, 0.1) is 19.1 Å². The van der Waals surface area contributed by atoms with Crippen LogP contribution in [0.5, 0.6) is 0 Å². The number of H-pyrrole nitrogens is 1. The van der Waals surface area contributed by atoms with E-state index in [1.54, 1.807) is 17.9 Å². The summed E-state index contributed by atoms with van der Waals surface area (Å²) < 4.78 is 7.18. The molecule has 2 aromatic rings. The van der Waals surface area contributed by atoms with Crippen LogP contribution in [-0.2, 0) is 24.8 Å². The zero-order valence-corrected chi connectivity index (χ0v) is 20.9. The van der Waals surface area contributed by atoms with Gasteiger partial charge in [-0.2, -0.15) is 5.10 Å². The summed E-state index contributed by atoms with van der Waals surface area (Å²) in [6.07, 6.45) is 6.04. The van der Waals surface area contributed by atoms with E-state index in [-0.39, 0.29) is 18.0 Å². The van der Waals surface area contributed by atoms with Crippen LogP contribution in [-0.4, -0.2) is 97.9 Å². The number of anilines is 1. The summed E-state index contributed by atoms with van der Waals surface area (Å²) in [5.74, 6) is 0.888. The molecule has 0 spiro atoms. The average Bonchev–Trinajstić information content (AvgIpc) is 3.47. The first-order valence-electron chi connectivity index (χ1n) is 12.6. The Kier molecular flexibility index (Phi) is 6.79. The van der Waals surface area contributed by atoms with Crippen molar-refractivity contribution < 1.29 is 14.3 Å². The van der Waals surface area contributed by atoms with E-state index in [9.17, 15) is 9.59 Å². The Hall–Kier alpha value is -2.92.